The van der Waals surface area contributed by atoms with Crippen LogP contribution in [0, 0.1) is 5.82 Å². The first-order valence-electron chi connectivity index (χ1n) is 11.4. The van der Waals surface area contributed by atoms with Crippen molar-refractivity contribution in [3.63, 3.8) is 0 Å². The second-order valence-corrected chi connectivity index (χ2v) is 8.15. The minimum atomic E-state index is -0.709. The Hall–Kier alpha value is -3.19. The van der Waals surface area contributed by atoms with Crippen LogP contribution >= 0.6 is 0 Å². The molecule has 3 rings (SSSR count). The molecular weight excluding hydrogens is 423 g/mol. The summed E-state index contributed by atoms with van der Waals surface area (Å²) >= 11 is 0. The van der Waals surface area contributed by atoms with Crippen molar-refractivity contribution < 1.29 is 23.8 Å². The van der Waals surface area contributed by atoms with Crippen molar-refractivity contribution in [2.24, 2.45) is 0 Å². The van der Waals surface area contributed by atoms with Gasteiger partial charge >= 0.3 is 0 Å². The number of halogens is 1. The normalized spacial score (nSPS) is 14.2. The molecule has 0 fully saturated rings. The van der Waals surface area contributed by atoms with E-state index in [4.69, 9.17) is 4.74 Å². The van der Waals surface area contributed by atoms with E-state index in [1.54, 1.807) is 0 Å². The molecule has 2 aromatic rings. The molecule has 7 heteroatoms. The largest absolute Gasteiger partial charge is 0.483 e. The number of hydrogen-bond acceptors (Lipinski definition) is 4. The summed E-state index contributed by atoms with van der Waals surface area (Å²) < 4.78 is 19.9. The number of carbonyl (C=O) groups excluding carboxylic acids is 2. The van der Waals surface area contributed by atoms with Crippen molar-refractivity contribution >= 4 is 11.8 Å². The molecule has 33 heavy (non-hydrogen) atoms. The van der Waals surface area contributed by atoms with Gasteiger partial charge in [0.2, 0.25) is 0 Å². The minimum Gasteiger partial charge on any atom is -0.483 e. The maximum Gasteiger partial charge on any atom is 0.258 e. The third-order valence-corrected chi connectivity index (χ3v) is 5.59. The second kappa shape index (κ2) is 12.7. The third-order valence-electron chi connectivity index (χ3n) is 5.59. The highest BCUT2D eigenvalue weighted by Gasteiger charge is 2.19. The summed E-state index contributed by atoms with van der Waals surface area (Å²) in [5.74, 6) is -1.75. The van der Waals surface area contributed by atoms with Crippen molar-refractivity contribution in [2.75, 3.05) is 19.8 Å². The molecule has 3 N–H and O–H groups in total. The molecule has 1 atom stereocenters. The number of nitrogens with one attached hydrogen (secondary N) is 2. The summed E-state index contributed by atoms with van der Waals surface area (Å²) in [7, 11) is 0. The molecule has 0 radical (unpaired) electrons. The molecule has 0 heterocycles. The van der Waals surface area contributed by atoms with Crippen molar-refractivity contribution in [2.45, 2.75) is 44.6 Å². The molecule has 0 unspecified atom stereocenters. The van der Waals surface area contributed by atoms with E-state index >= 15 is 0 Å². The number of allylic oxidation sites excluding steroid dienone is 1. The van der Waals surface area contributed by atoms with E-state index in [9.17, 15) is 19.1 Å². The lowest BCUT2D eigenvalue weighted by Gasteiger charge is -2.17. The average Bonchev–Trinajstić information content (AvgIpc) is 2.83. The first-order chi connectivity index (χ1) is 16.1. The van der Waals surface area contributed by atoms with Crippen molar-refractivity contribution in [1.82, 2.24) is 10.6 Å². The van der Waals surface area contributed by atoms with Gasteiger partial charge in [-0.1, -0.05) is 48.0 Å². The van der Waals surface area contributed by atoms with Crippen LogP contribution in [0.25, 0.3) is 0 Å². The van der Waals surface area contributed by atoms with Gasteiger partial charge in [0, 0.05) is 6.54 Å². The van der Waals surface area contributed by atoms with Gasteiger partial charge in [-0.3, -0.25) is 9.59 Å². The van der Waals surface area contributed by atoms with E-state index in [1.165, 1.54) is 30.2 Å². The van der Waals surface area contributed by atoms with Crippen molar-refractivity contribution in [3.05, 3.63) is 77.1 Å². The summed E-state index contributed by atoms with van der Waals surface area (Å²) in [5, 5.41) is 15.0. The minimum absolute atomic E-state index is 0.00291. The molecule has 6 nitrogen and oxygen atoms in total. The summed E-state index contributed by atoms with van der Waals surface area (Å²) in [4.78, 5) is 25.0. The highest BCUT2D eigenvalue weighted by atomic mass is 19.1. The van der Waals surface area contributed by atoms with Crippen LogP contribution in [0.2, 0.25) is 0 Å². The Balaban J connectivity index is 1.53. The topological polar surface area (TPSA) is 87.7 Å². The van der Waals surface area contributed by atoms with E-state index in [2.05, 4.69) is 16.7 Å². The van der Waals surface area contributed by atoms with Gasteiger partial charge in [0.1, 0.15) is 17.1 Å². The quantitative estimate of drug-likeness (QED) is 0.453. The Morgan fingerprint density at radius 1 is 1.09 bits per heavy atom. The van der Waals surface area contributed by atoms with Crippen molar-refractivity contribution in [3.8, 4) is 5.75 Å². The zero-order valence-electron chi connectivity index (χ0n) is 18.7. The Kier molecular flexibility index (Phi) is 9.44. The van der Waals surface area contributed by atoms with Gasteiger partial charge in [-0.05, 0) is 56.2 Å². The number of rotatable bonds is 11. The van der Waals surface area contributed by atoms with Crippen LogP contribution in [0.3, 0.4) is 0 Å². The monoisotopic (exact) mass is 454 g/mol. The molecule has 1 aliphatic carbocycles. The first kappa shape index (κ1) is 24.5. The highest BCUT2D eigenvalue weighted by molar-refractivity contribution is 5.97. The molecule has 0 aromatic heterocycles. The molecule has 2 aromatic carbocycles. The molecule has 2 amide bonds. The van der Waals surface area contributed by atoms with Crippen LogP contribution in [0.5, 0.6) is 5.75 Å². The van der Waals surface area contributed by atoms with E-state index in [0.29, 0.717) is 13.0 Å². The first-order valence-corrected chi connectivity index (χ1v) is 11.4. The lowest BCUT2D eigenvalue weighted by atomic mass is 9.97. The van der Waals surface area contributed by atoms with E-state index in [0.717, 1.165) is 31.2 Å². The van der Waals surface area contributed by atoms with Gasteiger partial charge < -0.3 is 20.5 Å². The van der Waals surface area contributed by atoms with Crippen LogP contribution in [0.1, 0.15) is 48.0 Å². The van der Waals surface area contributed by atoms with Crippen LogP contribution < -0.4 is 15.4 Å². The van der Waals surface area contributed by atoms with Crippen LogP contribution in [0.4, 0.5) is 4.39 Å². The fourth-order valence-electron chi connectivity index (χ4n) is 3.87. The number of carbonyl (C=O) groups is 2. The summed E-state index contributed by atoms with van der Waals surface area (Å²) in [6, 6.07) is 13.1. The second-order valence-electron chi connectivity index (χ2n) is 8.15. The number of ether oxygens (including phenoxy) is 1. The third kappa shape index (κ3) is 7.71. The molecule has 0 aliphatic heterocycles. The smallest absolute Gasteiger partial charge is 0.258 e. The number of aliphatic hydroxyl groups excluding tert-OH is 1. The fourth-order valence-corrected chi connectivity index (χ4v) is 3.87. The fraction of sp³-hybridized carbons (Fsp3) is 0.385. The van der Waals surface area contributed by atoms with Crippen molar-refractivity contribution in [1.29, 1.82) is 0 Å². The molecule has 0 bridgehead atoms. The van der Waals surface area contributed by atoms with E-state index < -0.39 is 30.3 Å². The van der Waals surface area contributed by atoms with Gasteiger partial charge in [0.05, 0.1) is 12.6 Å². The van der Waals surface area contributed by atoms with Crippen LogP contribution in [0.15, 0.2) is 60.2 Å². The van der Waals surface area contributed by atoms with E-state index in [1.807, 2.05) is 30.3 Å². The maximum absolute atomic E-state index is 14.4. The van der Waals surface area contributed by atoms with Gasteiger partial charge in [-0.25, -0.2) is 4.39 Å². The van der Waals surface area contributed by atoms with Gasteiger partial charge in [-0.15, -0.1) is 0 Å². The van der Waals surface area contributed by atoms with Crippen LogP contribution in [-0.4, -0.2) is 42.7 Å². The molecule has 0 spiro atoms. The Morgan fingerprint density at radius 2 is 1.91 bits per heavy atom. The SMILES string of the molecule is O=C(COc1cccc(F)c1C(=O)NCCC1=CCCCC1)N[C@H](CO)Cc1ccccc1. The maximum atomic E-state index is 14.4. The highest BCUT2D eigenvalue weighted by Crippen LogP contribution is 2.22. The standard InChI is InChI=1S/C26H31FN2O4/c27-22-12-7-13-23(25(22)26(32)28-15-14-19-8-3-1-4-9-19)33-18-24(31)29-21(17-30)16-20-10-5-2-6-11-20/h2,5-8,10-13,21,30H,1,3-4,9,14-18H2,(H,28,32)(H,29,31)/t21-/m0/s1. The zero-order chi connectivity index (χ0) is 23.5. The summed E-state index contributed by atoms with van der Waals surface area (Å²) in [6.07, 6.45) is 7.89. The molecule has 0 saturated carbocycles. The zero-order valence-corrected chi connectivity index (χ0v) is 18.7. The summed E-state index contributed by atoms with van der Waals surface area (Å²) in [5.41, 5.74) is 2.08. The average molecular weight is 455 g/mol. The molecule has 0 saturated heterocycles. The molecule has 1 aliphatic rings. The Labute approximate surface area is 193 Å². The predicted molar refractivity (Wildman–Crippen MR) is 125 cm³/mol. The van der Waals surface area contributed by atoms with Gasteiger partial charge in [0.25, 0.3) is 11.8 Å². The summed E-state index contributed by atoms with van der Waals surface area (Å²) in [6.45, 7) is -0.219. The number of hydrogen-bond donors (Lipinski definition) is 3. The molecular formula is C26H31FN2O4. The van der Waals surface area contributed by atoms with Gasteiger partial charge in [-0.2, -0.15) is 0 Å². The lowest BCUT2D eigenvalue weighted by Crippen LogP contribution is -2.41. The lowest BCUT2D eigenvalue weighted by molar-refractivity contribution is -0.124. The van der Waals surface area contributed by atoms with Gasteiger partial charge in [0.15, 0.2) is 6.61 Å². The molecule has 176 valence electrons. The number of amides is 2. The number of aliphatic hydroxyl groups is 1. The van der Waals surface area contributed by atoms with Crippen LogP contribution in [-0.2, 0) is 11.2 Å². The predicted octanol–water partition coefficient (Wildman–Crippen LogP) is 3.54. The number of benzene rings is 2. The Bertz CT molecular complexity index is 962. The Morgan fingerprint density at radius 3 is 2.64 bits per heavy atom. The van der Waals surface area contributed by atoms with E-state index in [-0.39, 0.29) is 17.9 Å².